The Morgan fingerprint density at radius 1 is 1.24 bits per heavy atom. The van der Waals surface area contributed by atoms with Crippen molar-refractivity contribution in [1.82, 2.24) is 25.7 Å². The Labute approximate surface area is 146 Å². The number of urea groups is 1. The van der Waals surface area contributed by atoms with Crippen molar-refractivity contribution in [1.29, 1.82) is 0 Å². The summed E-state index contributed by atoms with van der Waals surface area (Å²) in [5.41, 5.74) is 2.12. The standard InChI is InChI=1S/C18H23N5O2/c24-17-16(8-3-4-9-19-17)22-18(25)20-12-14-6-1-2-7-15(14)13-23-11-5-10-21-23/h1-2,5-7,10-11,16H,3-4,8-9,12-13H2,(H,19,24)(H2,20,22,25)/t16-/m0/s1. The summed E-state index contributed by atoms with van der Waals surface area (Å²) >= 11 is 0. The topological polar surface area (TPSA) is 88.1 Å². The number of nitrogens with one attached hydrogen (secondary N) is 3. The molecular formula is C18H23N5O2. The first-order valence-corrected chi connectivity index (χ1v) is 8.58. The molecular weight excluding hydrogens is 318 g/mol. The Bertz CT molecular complexity index is 714. The van der Waals surface area contributed by atoms with Gasteiger partial charge in [0, 0.05) is 25.5 Å². The van der Waals surface area contributed by atoms with Crippen LogP contribution in [0.15, 0.2) is 42.7 Å². The maximum atomic E-state index is 12.2. The molecule has 1 fully saturated rings. The van der Waals surface area contributed by atoms with Crippen LogP contribution in [0, 0.1) is 0 Å². The minimum Gasteiger partial charge on any atom is -0.354 e. The molecule has 0 saturated carbocycles. The number of hydrogen-bond acceptors (Lipinski definition) is 3. The predicted molar refractivity (Wildman–Crippen MR) is 93.8 cm³/mol. The van der Waals surface area contributed by atoms with E-state index in [1.54, 1.807) is 6.20 Å². The summed E-state index contributed by atoms with van der Waals surface area (Å²) in [6.07, 6.45) is 6.20. The fourth-order valence-electron chi connectivity index (χ4n) is 2.91. The lowest BCUT2D eigenvalue weighted by molar-refractivity contribution is -0.122. The van der Waals surface area contributed by atoms with E-state index < -0.39 is 6.04 Å². The maximum Gasteiger partial charge on any atom is 0.315 e. The normalized spacial score (nSPS) is 17.4. The molecule has 132 valence electrons. The number of carbonyl (C=O) groups excluding carboxylic acids is 2. The smallest absolute Gasteiger partial charge is 0.315 e. The van der Waals surface area contributed by atoms with Crippen LogP contribution >= 0.6 is 0 Å². The zero-order chi connectivity index (χ0) is 17.5. The molecule has 1 aliphatic heterocycles. The molecule has 0 spiro atoms. The van der Waals surface area contributed by atoms with E-state index in [0.717, 1.165) is 24.0 Å². The molecule has 3 amide bonds. The highest BCUT2D eigenvalue weighted by Gasteiger charge is 2.22. The molecule has 1 aromatic carbocycles. The van der Waals surface area contributed by atoms with E-state index in [0.29, 0.717) is 26.1 Å². The van der Waals surface area contributed by atoms with Gasteiger partial charge in [0.05, 0.1) is 6.54 Å². The quantitative estimate of drug-likeness (QED) is 0.768. The Balaban J connectivity index is 1.56. The summed E-state index contributed by atoms with van der Waals surface area (Å²) in [6.45, 7) is 1.73. The highest BCUT2D eigenvalue weighted by molar-refractivity contribution is 5.87. The minimum atomic E-state index is -0.457. The van der Waals surface area contributed by atoms with Crippen LogP contribution in [-0.4, -0.2) is 34.3 Å². The van der Waals surface area contributed by atoms with Crippen molar-refractivity contribution in [2.24, 2.45) is 0 Å². The van der Waals surface area contributed by atoms with Gasteiger partial charge in [-0.05, 0) is 36.5 Å². The highest BCUT2D eigenvalue weighted by atomic mass is 16.2. The van der Waals surface area contributed by atoms with Crippen LogP contribution in [0.25, 0.3) is 0 Å². The SMILES string of the molecule is O=C(NCc1ccccc1Cn1cccn1)N[C@H]1CCCCNC1=O. The monoisotopic (exact) mass is 341 g/mol. The van der Waals surface area contributed by atoms with Crippen molar-refractivity contribution in [3.05, 3.63) is 53.9 Å². The van der Waals surface area contributed by atoms with Gasteiger partial charge in [0.1, 0.15) is 6.04 Å². The van der Waals surface area contributed by atoms with Crippen LogP contribution in [0.5, 0.6) is 0 Å². The van der Waals surface area contributed by atoms with E-state index in [-0.39, 0.29) is 11.9 Å². The summed E-state index contributed by atoms with van der Waals surface area (Å²) in [7, 11) is 0. The van der Waals surface area contributed by atoms with E-state index in [2.05, 4.69) is 21.0 Å². The van der Waals surface area contributed by atoms with Crippen LogP contribution < -0.4 is 16.0 Å². The van der Waals surface area contributed by atoms with Crippen molar-refractivity contribution in [3.63, 3.8) is 0 Å². The van der Waals surface area contributed by atoms with Gasteiger partial charge in [-0.1, -0.05) is 24.3 Å². The molecule has 1 aromatic heterocycles. The second-order valence-electron chi connectivity index (χ2n) is 6.14. The average molecular weight is 341 g/mol. The second kappa shape index (κ2) is 8.32. The molecule has 0 aliphatic carbocycles. The Morgan fingerprint density at radius 2 is 2.08 bits per heavy atom. The van der Waals surface area contributed by atoms with Gasteiger partial charge in [-0.2, -0.15) is 5.10 Å². The molecule has 2 aromatic rings. The van der Waals surface area contributed by atoms with Gasteiger partial charge in [-0.3, -0.25) is 9.48 Å². The van der Waals surface area contributed by atoms with Crippen molar-refractivity contribution >= 4 is 11.9 Å². The molecule has 0 radical (unpaired) electrons. The lowest BCUT2D eigenvalue weighted by Crippen LogP contribution is -2.48. The molecule has 0 bridgehead atoms. The van der Waals surface area contributed by atoms with E-state index in [9.17, 15) is 9.59 Å². The largest absolute Gasteiger partial charge is 0.354 e. The molecule has 25 heavy (non-hydrogen) atoms. The van der Waals surface area contributed by atoms with E-state index >= 15 is 0 Å². The Morgan fingerprint density at radius 3 is 2.88 bits per heavy atom. The fourth-order valence-corrected chi connectivity index (χ4v) is 2.91. The molecule has 3 N–H and O–H groups in total. The molecule has 3 rings (SSSR count). The number of benzene rings is 1. The first kappa shape index (κ1) is 17.0. The second-order valence-corrected chi connectivity index (χ2v) is 6.14. The number of hydrogen-bond donors (Lipinski definition) is 3. The van der Waals surface area contributed by atoms with Crippen LogP contribution in [-0.2, 0) is 17.9 Å². The third kappa shape index (κ3) is 4.82. The van der Waals surface area contributed by atoms with Gasteiger partial charge in [-0.25, -0.2) is 4.79 Å². The van der Waals surface area contributed by atoms with Crippen LogP contribution in [0.1, 0.15) is 30.4 Å². The van der Waals surface area contributed by atoms with Crippen molar-refractivity contribution in [3.8, 4) is 0 Å². The third-order valence-electron chi connectivity index (χ3n) is 4.29. The van der Waals surface area contributed by atoms with Crippen molar-refractivity contribution < 1.29 is 9.59 Å². The minimum absolute atomic E-state index is 0.105. The van der Waals surface area contributed by atoms with E-state index in [1.165, 1.54) is 0 Å². The van der Waals surface area contributed by atoms with Gasteiger partial charge < -0.3 is 16.0 Å². The summed E-state index contributed by atoms with van der Waals surface area (Å²) in [5.74, 6) is -0.105. The van der Waals surface area contributed by atoms with E-state index in [1.807, 2.05) is 41.2 Å². The first-order valence-electron chi connectivity index (χ1n) is 8.58. The molecule has 7 heteroatoms. The molecule has 7 nitrogen and oxygen atoms in total. The van der Waals surface area contributed by atoms with Crippen molar-refractivity contribution in [2.75, 3.05) is 6.54 Å². The van der Waals surface area contributed by atoms with Gasteiger partial charge in [0.15, 0.2) is 0 Å². The summed E-state index contributed by atoms with van der Waals surface area (Å²) in [5, 5.41) is 12.6. The molecule has 1 aliphatic rings. The van der Waals surface area contributed by atoms with Crippen molar-refractivity contribution in [2.45, 2.75) is 38.4 Å². The molecule has 1 saturated heterocycles. The average Bonchev–Trinajstić information content (AvgIpc) is 3.04. The predicted octanol–water partition coefficient (Wildman–Crippen LogP) is 1.40. The summed E-state index contributed by atoms with van der Waals surface area (Å²) < 4.78 is 1.84. The molecule has 1 atom stereocenters. The Kier molecular flexibility index (Phi) is 5.66. The van der Waals surface area contributed by atoms with Gasteiger partial charge >= 0.3 is 6.03 Å². The zero-order valence-corrected chi connectivity index (χ0v) is 14.1. The third-order valence-corrected chi connectivity index (χ3v) is 4.29. The number of carbonyl (C=O) groups is 2. The maximum absolute atomic E-state index is 12.2. The number of amides is 3. The zero-order valence-electron chi connectivity index (χ0n) is 14.1. The van der Waals surface area contributed by atoms with Crippen LogP contribution in [0.2, 0.25) is 0 Å². The highest BCUT2D eigenvalue weighted by Crippen LogP contribution is 2.10. The van der Waals surface area contributed by atoms with Crippen LogP contribution in [0.3, 0.4) is 0 Å². The van der Waals surface area contributed by atoms with E-state index in [4.69, 9.17) is 0 Å². The summed E-state index contributed by atoms with van der Waals surface area (Å²) in [4.78, 5) is 24.0. The van der Waals surface area contributed by atoms with Gasteiger partial charge in [-0.15, -0.1) is 0 Å². The first-order chi connectivity index (χ1) is 12.2. The Hall–Kier alpha value is -2.83. The lowest BCUT2D eigenvalue weighted by Gasteiger charge is -2.16. The fraction of sp³-hybridized carbons (Fsp3) is 0.389. The summed E-state index contributed by atoms with van der Waals surface area (Å²) in [6, 6.07) is 9.02. The molecule has 0 unspecified atom stereocenters. The number of rotatable bonds is 5. The molecule has 2 heterocycles. The van der Waals surface area contributed by atoms with Gasteiger partial charge in [0.25, 0.3) is 0 Å². The van der Waals surface area contributed by atoms with Gasteiger partial charge in [0.2, 0.25) is 5.91 Å². The number of nitrogens with zero attached hydrogens (tertiary/aromatic N) is 2. The van der Waals surface area contributed by atoms with Crippen LogP contribution in [0.4, 0.5) is 4.79 Å². The number of aromatic nitrogens is 2. The lowest BCUT2D eigenvalue weighted by atomic mass is 10.1.